The number of H-pyrrole nitrogens is 1. The number of carboxylic acids is 1. The summed E-state index contributed by atoms with van der Waals surface area (Å²) in [7, 11) is 0. The van der Waals surface area contributed by atoms with E-state index >= 15 is 0 Å². The smallest absolute Gasteiger partial charge is 0.326 e. The second kappa shape index (κ2) is 12.6. The fourth-order valence-electron chi connectivity index (χ4n) is 2.94. The minimum Gasteiger partial charge on any atom is -0.508 e. The van der Waals surface area contributed by atoms with Crippen molar-refractivity contribution < 1.29 is 29.4 Å². The summed E-state index contributed by atoms with van der Waals surface area (Å²) in [6.45, 7) is 1.42. The number of amides is 3. The molecule has 4 atom stereocenters. The number of carboxylic acid groups (broad SMARTS) is 1. The number of nitrogens with zero attached hydrogens (tertiary/aromatic N) is 1. The Kier molecular flexibility index (Phi) is 9.89. The summed E-state index contributed by atoms with van der Waals surface area (Å²) < 4.78 is 0. The molecule has 0 spiro atoms. The first kappa shape index (κ1) is 26.7. The van der Waals surface area contributed by atoms with Crippen LogP contribution in [-0.2, 0) is 32.0 Å². The van der Waals surface area contributed by atoms with E-state index in [1.807, 2.05) is 0 Å². The molecule has 0 fully saturated rings. The van der Waals surface area contributed by atoms with Crippen LogP contribution in [0.2, 0.25) is 0 Å². The highest BCUT2D eigenvalue weighted by Crippen LogP contribution is 2.11. The summed E-state index contributed by atoms with van der Waals surface area (Å²) in [5.74, 6) is -3.25. The molecule has 34 heavy (non-hydrogen) atoms. The summed E-state index contributed by atoms with van der Waals surface area (Å²) in [5.41, 5.74) is 7.15. The van der Waals surface area contributed by atoms with Gasteiger partial charge in [-0.2, -0.15) is 12.6 Å². The van der Waals surface area contributed by atoms with Crippen molar-refractivity contribution in [1.29, 1.82) is 0 Å². The second-order valence-corrected chi connectivity index (χ2v) is 8.00. The number of imidazole rings is 1. The number of nitrogens with one attached hydrogen (secondary N) is 4. The van der Waals surface area contributed by atoms with Crippen LogP contribution in [0.25, 0.3) is 0 Å². The maximum Gasteiger partial charge on any atom is 0.326 e. The monoisotopic (exact) mass is 492 g/mol. The van der Waals surface area contributed by atoms with Crippen LogP contribution in [0.15, 0.2) is 36.8 Å². The van der Waals surface area contributed by atoms with Crippen molar-refractivity contribution in [2.24, 2.45) is 5.73 Å². The third kappa shape index (κ3) is 8.08. The lowest BCUT2D eigenvalue weighted by atomic mass is 10.1. The predicted octanol–water partition coefficient (Wildman–Crippen LogP) is -1.28. The van der Waals surface area contributed by atoms with Crippen LogP contribution in [0.1, 0.15) is 18.2 Å². The van der Waals surface area contributed by atoms with E-state index in [9.17, 15) is 29.4 Å². The fraction of sp³-hybridized carbons (Fsp3) is 0.381. The van der Waals surface area contributed by atoms with E-state index in [4.69, 9.17) is 5.73 Å². The molecule has 2 aromatic rings. The zero-order chi connectivity index (χ0) is 25.3. The number of phenolic OH excluding ortho intramolecular Hbond substituents is 1. The molecule has 0 saturated heterocycles. The van der Waals surface area contributed by atoms with Gasteiger partial charge in [-0.15, -0.1) is 0 Å². The molecule has 1 aromatic heterocycles. The molecule has 1 aromatic carbocycles. The standard InChI is InChI=1S/C21H28N6O6S/c1-11(25-19(30)15(22)6-12-2-4-14(28)5-3-12)18(29)27-17(9-34)20(31)26-16(21(32)33)7-13-8-23-10-24-13/h2-5,8,10-11,15-17,28,34H,6-7,9,22H2,1H3,(H,23,24)(H,25,30)(H,26,31)(H,27,29)(H,32,33). The molecule has 1 heterocycles. The van der Waals surface area contributed by atoms with Gasteiger partial charge in [0.25, 0.3) is 0 Å². The van der Waals surface area contributed by atoms with Crippen molar-refractivity contribution >= 4 is 36.3 Å². The van der Waals surface area contributed by atoms with Crippen LogP contribution < -0.4 is 21.7 Å². The normalized spacial score (nSPS) is 14.3. The van der Waals surface area contributed by atoms with E-state index in [0.717, 1.165) is 5.56 Å². The minimum atomic E-state index is -1.25. The highest BCUT2D eigenvalue weighted by molar-refractivity contribution is 7.80. The van der Waals surface area contributed by atoms with Crippen molar-refractivity contribution in [1.82, 2.24) is 25.9 Å². The molecule has 8 N–H and O–H groups in total. The highest BCUT2D eigenvalue weighted by atomic mass is 32.1. The molecular weight excluding hydrogens is 464 g/mol. The number of hydrogen-bond donors (Lipinski definition) is 8. The molecule has 13 heteroatoms. The van der Waals surface area contributed by atoms with E-state index in [2.05, 4.69) is 38.5 Å². The molecule has 0 saturated carbocycles. The number of aliphatic carboxylic acids is 1. The number of hydrogen-bond acceptors (Lipinski definition) is 8. The average molecular weight is 493 g/mol. The predicted molar refractivity (Wildman–Crippen MR) is 125 cm³/mol. The number of benzene rings is 1. The number of carbonyl (C=O) groups excluding carboxylic acids is 3. The van der Waals surface area contributed by atoms with Crippen molar-refractivity contribution in [3.05, 3.63) is 48.0 Å². The number of aromatic nitrogens is 2. The number of aromatic hydroxyl groups is 1. The zero-order valence-electron chi connectivity index (χ0n) is 18.4. The summed E-state index contributed by atoms with van der Waals surface area (Å²) in [6.07, 6.45) is 2.99. The first-order chi connectivity index (χ1) is 16.1. The third-order valence-electron chi connectivity index (χ3n) is 4.89. The van der Waals surface area contributed by atoms with E-state index in [1.54, 1.807) is 12.1 Å². The molecule has 4 unspecified atom stereocenters. The molecule has 184 valence electrons. The zero-order valence-corrected chi connectivity index (χ0v) is 19.3. The van der Waals surface area contributed by atoms with Gasteiger partial charge in [0.1, 0.15) is 23.9 Å². The van der Waals surface area contributed by atoms with Crippen molar-refractivity contribution in [3.63, 3.8) is 0 Å². The summed E-state index contributed by atoms with van der Waals surface area (Å²) in [4.78, 5) is 55.5. The number of rotatable bonds is 12. The lowest BCUT2D eigenvalue weighted by Crippen LogP contribution is -2.57. The molecule has 0 bridgehead atoms. The Hall–Kier alpha value is -3.58. The Bertz CT molecular complexity index is 984. The SMILES string of the molecule is CC(NC(=O)C(N)Cc1ccc(O)cc1)C(=O)NC(CS)C(=O)NC(Cc1cnc[nH]1)C(=O)O. The van der Waals surface area contributed by atoms with Gasteiger partial charge in [0.05, 0.1) is 12.4 Å². The van der Waals surface area contributed by atoms with Gasteiger partial charge in [-0.25, -0.2) is 9.78 Å². The molecule has 0 aliphatic rings. The quantitative estimate of drug-likeness (QED) is 0.167. The Morgan fingerprint density at radius 3 is 2.24 bits per heavy atom. The van der Waals surface area contributed by atoms with Crippen LogP contribution in [0.5, 0.6) is 5.75 Å². The van der Waals surface area contributed by atoms with E-state index in [1.165, 1.54) is 31.6 Å². The van der Waals surface area contributed by atoms with Crippen LogP contribution >= 0.6 is 12.6 Å². The Morgan fingerprint density at radius 1 is 1.03 bits per heavy atom. The van der Waals surface area contributed by atoms with E-state index in [0.29, 0.717) is 5.69 Å². The van der Waals surface area contributed by atoms with Crippen LogP contribution in [-0.4, -0.2) is 73.8 Å². The van der Waals surface area contributed by atoms with Crippen LogP contribution in [0.4, 0.5) is 0 Å². The summed E-state index contributed by atoms with van der Waals surface area (Å²) >= 11 is 4.06. The first-order valence-corrected chi connectivity index (χ1v) is 11.0. The summed E-state index contributed by atoms with van der Waals surface area (Å²) in [6, 6.07) is 1.87. The van der Waals surface area contributed by atoms with Gasteiger partial charge in [-0.1, -0.05) is 12.1 Å². The first-order valence-electron chi connectivity index (χ1n) is 10.4. The number of nitrogens with two attached hydrogens (primary N) is 1. The number of thiol groups is 1. The van der Waals surface area contributed by atoms with E-state index < -0.39 is 47.9 Å². The molecule has 12 nitrogen and oxygen atoms in total. The van der Waals surface area contributed by atoms with Crippen molar-refractivity contribution in [3.8, 4) is 5.75 Å². The van der Waals surface area contributed by atoms with Gasteiger partial charge in [-0.3, -0.25) is 14.4 Å². The Labute approximate surface area is 201 Å². The minimum absolute atomic E-state index is 0.0281. The molecule has 0 aliphatic carbocycles. The molecule has 0 aliphatic heterocycles. The lowest BCUT2D eigenvalue weighted by molar-refractivity contribution is -0.142. The van der Waals surface area contributed by atoms with Gasteiger partial charge in [0.2, 0.25) is 17.7 Å². The summed E-state index contributed by atoms with van der Waals surface area (Å²) in [5, 5.41) is 26.0. The second-order valence-electron chi connectivity index (χ2n) is 7.63. The number of carbonyl (C=O) groups is 4. The average Bonchev–Trinajstić information content (AvgIpc) is 3.31. The van der Waals surface area contributed by atoms with Crippen molar-refractivity contribution in [2.45, 2.75) is 43.9 Å². The van der Waals surface area contributed by atoms with Gasteiger partial charge >= 0.3 is 5.97 Å². The van der Waals surface area contributed by atoms with Gasteiger partial charge in [0.15, 0.2) is 0 Å². The lowest BCUT2D eigenvalue weighted by Gasteiger charge is -2.22. The Balaban J connectivity index is 1.89. The molecule has 3 amide bonds. The van der Waals surface area contributed by atoms with Crippen molar-refractivity contribution in [2.75, 3.05) is 5.75 Å². The maximum absolute atomic E-state index is 12.5. The molecule has 0 radical (unpaired) electrons. The van der Waals surface area contributed by atoms with E-state index in [-0.39, 0.29) is 24.3 Å². The number of aromatic amines is 1. The topological polar surface area (TPSA) is 200 Å². The third-order valence-corrected chi connectivity index (χ3v) is 5.25. The largest absolute Gasteiger partial charge is 0.508 e. The highest BCUT2D eigenvalue weighted by Gasteiger charge is 2.28. The molecular formula is C21H28N6O6S. The maximum atomic E-state index is 12.5. The van der Waals surface area contributed by atoms with Crippen LogP contribution in [0.3, 0.4) is 0 Å². The molecule has 2 rings (SSSR count). The van der Waals surface area contributed by atoms with Gasteiger partial charge < -0.3 is 36.9 Å². The van der Waals surface area contributed by atoms with Gasteiger partial charge in [-0.05, 0) is 31.0 Å². The number of phenols is 1. The van der Waals surface area contributed by atoms with Gasteiger partial charge in [0, 0.05) is 24.1 Å². The fourth-order valence-corrected chi connectivity index (χ4v) is 3.20. The van der Waals surface area contributed by atoms with Crippen LogP contribution in [0, 0.1) is 0 Å². The Morgan fingerprint density at radius 2 is 1.68 bits per heavy atom.